The number of carbonyl (C=O) groups excluding carboxylic acids is 2. The van der Waals surface area contributed by atoms with E-state index in [9.17, 15) is 19.5 Å². The van der Waals surface area contributed by atoms with E-state index in [1.54, 1.807) is 0 Å². The SMILES string of the molecule is CC(C)(C)CC(NC(=O)C1(NC(=O)OCC2c3ccccc3-c3ccccc32)CCN(Cc2ccccc2)C1)C(=O)O. The molecule has 2 unspecified atom stereocenters. The van der Waals surface area contributed by atoms with E-state index in [4.69, 9.17) is 4.74 Å². The van der Waals surface area contributed by atoms with E-state index in [1.165, 1.54) is 0 Å². The van der Waals surface area contributed by atoms with Gasteiger partial charge >= 0.3 is 12.1 Å². The van der Waals surface area contributed by atoms with Gasteiger partial charge in [0, 0.05) is 25.6 Å². The number of rotatable bonds is 9. The number of nitrogens with one attached hydrogen (secondary N) is 2. The van der Waals surface area contributed by atoms with Crippen molar-refractivity contribution in [3.05, 3.63) is 95.6 Å². The molecule has 2 aliphatic rings. The summed E-state index contributed by atoms with van der Waals surface area (Å²) in [5.41, 5.74) is 3.89. The molecule has 0 saturated carbocycles. The number of likely N-dealkylation sites (tertiary alicyclic amines) is 1. The van der Waals surface area contributed by atoms with Gasteiger partial charge in [0.1, 0.15) is 18.2 Å². The van der Waals surface area contributed by atoms with Crippen LogP contribution in [-0.4, -0.2) is 59.3 Å². The maximum atomic E-state index is 13.8. The molecule has 3 aromatic carbocycles. The molecule has 42 heavy (non-hydrogen) atoms. The summed E-state index contributed by atoms with van der Waals surface area (Å²) >= 11 is 0. The Morgan fingerprint density at radius 2 is 1.55 bits per heavy atom. The van der Waals surface area contributed by atoms with Crippen LogP contribution in [0.2, 0.25) is 0 Å². The lowest BCUT2D eigenvalue weighted by atomic mass is 9.87. The van der Waals surface area contributed by atoms with Crippen LogP contribution in [0.15, 0.2) is 78.9 Å². The molecule has 1 fully saturated rings. The second kappa shape index (κ2) is 12.0. The molecular weight excluding hydrogens is 530 g/mol. The molecule has 1 heterocycles. The van der Waals surface area contributed by atoms with Gasteiger partial charge in [-0.2, -0.15) is 0 Å². The van der Waals surface area contributed by atoms with Crippen LogP contribution in [-0.2, 0) is 20.9 Å². The van der Waals surface area contributed by atoms with Crippen molar-refractivity contribution in [1.29, 1.82) is 0 Å². The Balaban J connectivity index is 1.33. The first-order valence-electron chi connectivity index (χ1n) is 14.5. The number of carboxylic acids is 1. The van der Waals surface area contributed by atoms with Crippen molar-refractivity contribution >= 4 is 18.0 Å². The zero-order valence-electron chi connectivity index (χ0n) is 24.4. The lowest BCUT2D eigenvalue weighted by Crippen LogP contribution is -2.62. The monoisotopic (exact) mass is 569 g/mol. The second-order valence-corrected chi connectivity index (χ2v) is 12.6. The zero-order valence-corrected chi connectivity index (χ0v) is 24.4. The molecule has 1 saturated heterocycles. The maximum absolute atomic E-state index is 13.8. The highest BCUT2D eigenvalue weighted by molar-refractivity contribution is 5.93. The fourth-order valence-electron chi connectivity index (χ4n) is 6.15. The molecule has 5 rings (SSSR count). The molecule has 3 N–H and O–H groups in total. The number of ether oxygens (including phenoxy) is 1. The number of carbonyl (C=O) groups is 3. The van der Waals surface area contributed by atoms with Gasteiger partial charge < -0.3 is 20.5 Å². The molecule has 8 heteroatoms. The highest BCUT2D eigenvalue weighted by Gasteiger charge is 2.47. The van der Waals surface area contributed by atoms with Gasteiger partial charge in [-0.1, -0.05) is 99.6 Å². The lowest BCUT2D eigenvalue weighted by molar-refractivity contribution is -0.143. The van der Waals surface area contributed by atoms with Crippen LogP contribution in [0.4, 0.5) is 4.79 Å². The van der Waals surface area contributed by atoms with Crippen LogP contribution < -0.4 is 10.6 Å². The third-order valence-electron chi connectivity index (χ3n) is 8.14. The van der Waals surface area contributed by atoms with Gasteiger partial charge in [-0.15, -0.1) is 0 Å². The van der Waals surface area contributed by atoms with E-state index >= 15 is 0 Å². The predicted octanol–water partition coefficient (Wildman–Crippen LogP) is 5.18. The summed E-state index contributed by atoms with van der Waals surface area (Å²) in [4.78, 5) is 41.3. The number of aliphatic carboxylic acids is 1. The number of hydrogen-bond donors (Lipinski definition) is 3. The summed E-state index contributed by atoms with van der Waals surface area (Å²) in [7, 11) is 0. The van der Waals surface area contributed by atoms with E-state index in [2.05, 4.69) is 39.8 Å². The minimum Gasteiger partial charge on any atom is -0.480 e. The Labute approximate surface area is 247 Å². The Morgan fingerprint density at radius 3 is 2.14 bits per heavy atom. The summed E-state index contributed by atoms with van der Waals surface area (Å²) in [6.07, 6.45) is -0.114. The highest BCUT2D eigenvalue weighted by Crippen LogP contribution is 2.44. The van der Waals surface area contributed by atoms with Crippen molar-refractivity contribution < 1.29 is 24.2 Å². The van der Waals surface area contributed by atoms with Crippen molar-refractivity contribution in [2.24, 2.45) is 5.41 Å². The van der Waals surface area contributed by atoms with Crippen LogP contribution in [0.25, 0.3) is 11.1 Å². The first-order valence-corrected chi connectivity index (χ1v) is 14.5. The maximum Gasteiger partial charge on any atom is 0.408 e. The molecular formula is C34H39N3O5. The van der Waals surface area contributed by atoms with E-state index in [0.717, 1.165) is 27.8 Å². The molecule has 220 valence electrons. The van der Waals surface area contributed by atoms with Crippen molar-refractivity contribution in [3.63, 3.8) is 0 Å². The average molecular weight is 570 g/mol. The van der Waals surface area contributed by atoms with Gasteiger partial charge in [0.2, 0.25) is 5.91 Å². The molecule has 0 spiro atoms. The summed E-state index contributed by atoms with van der Waals surface area (Å²) in [6, 6.07) is 25.0. The van der Waals surface area contributed by atoms with Gasteiger partial charge in [-0.05, 0) is 46.1 Å². The fourth-order valence-corrected chi connectivity index (χ4v) is 6.15. The first kappa shape index (κ1) is 29.3. The van der Waals surface area contributed by atoms with Gasteiger partial charge in [0.05, 0.1) is 0 Å². The molecule has 1 aliphatic carbocycles. The van der Waals surface area contributed by atoms with Gasteiger partial charge in [0.15, 0.2) is 0 Å². The topological polar surface area (TPSA) is 108 Å². The number of nitrogens with zero attached hydrogens (tertiary/aromatic N) is 1. The Morgan fingerprint density at radius 1 is 0.952 bits per heavy atom. The normalized spacial score (nSPS) is 19.0. The Bertz CT molecular complexity index is 1410. The largest absolute Gasteiger partial charge is 0.480 e. The molecule has 2 amide bonds. The number of hydrogen-bond acceptors (Lipinski definition) is 5. The third kappa shape index (κ3) is 6.49. The van der Waals surface area contributed by atoms with Gasteiger partial charge in [0.25, 0.3) is 0 Å². The van der Waals surface area contributed by atoms with Crippen molar-refractivity contribution in [1.82, 2.24) is 15.5 Å². The predicted molar refractivity (Wildman–Crippen MR) is 161 cm³/mol. The van der Waals surface area contributed by atoms with Gasteiger partial charge in [-0.3, -0.25) is 9.69 Å². The number of carboxylic acid groups (broad SMARTS) is 1. The van der Waals surface area contributed by atoms with E-state index in [-0.39, 0.29) is 30.9 Å². The molecule has 3 aromatic rings. The quantitative estimate of drug-likeness (QED) is 0.328. The lowest BCUT2D eigenvalue weighted by Gasteiger charge is -2.32. The number of fused-ring (bicyclic) bond motifs is 3. The van der Waals surface area contributed by atoms with Crippen LogP contribution >= 0.6 is 0 Å². The van der Waals surface area contributed by atoms with Crippen molar-refractivity contribution in [2.45, 2.75) is 57.7 Å². The number of alkyl carbamates (subject to hydrolysis) is 1. The summed E-state index contributed by atoms with van der Waals surface area (Å²) in [5.74, 6) is -1.73. The highest BCUT2D eigenvalue weighted by atomic mass is 16.5. The fraction of sp³-hybridized carbons (Fsp3) is 0.382. The molecule has 0 radical (unpaired) electrons. The van der Waals surface area contributed by atoms with Gasteiger partial charge in [-0.25, -0.2) is 9.59 Å². The molecule has 0 bridgehead atoms. The van der Waals surface area contributed by atoms with E-state index in [0.29, 0.717) is 19.5 Å². The summed E-state index contributed by atoms with van der Waals surface area (Å²) in [6.45, 7) is 7.30. The molecule has 2 atom stereocenters. The van der Waals surface area contributed by atoms with Crippen molar-refractivity contribution in [2.75, 3.05) is 19.7 Å². The van der Waals surface area contributed by atoms with Crippen LogP contribution in [0, 0.1) is 5.41 Å². The minimum absolute atomic E-state index is 0.116. The minimum atomic E-state index is -1.33. The number of benzene rings is 3. The van der Waals surface area contributed by atoms with E-state index < -0.39 is 29.6 Å². The second-order valence-electron chi connectivity index (χ2n) is 12.6. The standard InChI is InChI=1S/C34H39N3O5/c1-33(2,3)19-29(30(38)39)35-31(40)34(17-18-37(22-34)20-23-11-5-4-6-12-23)36-32(41)42-21-28-26-15-9-7-13-24(26)25-14-8-10-16-27(25)28/h4-16,28-29H,17-22H2,1-3H3,(H,35,40)(H,36,41)(H,38,39). The zero-order chi connectivity index (χ0) is 29.9. The smallest absolute Gasteiger partial charge is 0.408 e. The molecule has 8 nitrogen and oxygen atoms in total. The summed E-state index contributed by atoms with van der Waals surface area (Å²) < 4.78 is 5.80. The Hall–Kier alpha value is -4.17. The van der Waals surface area contributed by atoms with E-state index in [1.807, 2.05) is 75.4 Å². The number of amides is 2. The first-order chi connectivity index (χ1) is 20.0. The van der Waals surface area contributed by atoms with Crippen LogP contribution in [0.3, 0.4) is 0 Å². The van der Waals surface area contributed by atoms with Crippen molar-refractivity contribution in [3.8, 4) is 11.1 Å². The summed E-state index contributed by atoms with van der Waals surface area (Å²) in [5, 5.41) is 15.5. The van der Waals surface area contributed by atoms with Crippen LogP contribution in [0.1, 0.15) is 56.2 Å². The molecule has 1 aliphatic heterocycles. The average Bonchev–Trinajstić information content (AvgIpc) is 3.50. The van der Waals surface area contributed by atoms with Crippen LogP contribution in [0.5, 0.6) is 0 Å². The molecule has 0 aromatic heterocycles. The Kier molecular flexibility index (Phi) is 8.36. The third-order valence-corrected chi connectivity index (χ3v) is 8.14.